The van der Waals surface area contributed by atoms with E-state index in [-0.39, 0.29) is 6.04 Å². The van der Waals surface area contributed by atoms with Gasteiger partial charge in [-0.2, -0.15) is 0 Å². The van der Waals surface area contributed by atoms with Crippen LogP contribution in [-0.2, 0) is 13.0 Å². The predicted molar refractivity (Wildman–Crippen MR) is 79.4 cm³/mol. The normalized spacial score (nSPS) is 12.6. The lowest BCUT2D eigenvalue weighted by atomic mass is 10.1. The fourth-order valence-electron chi connectivity index (χ4n) is 2.24. The molecule has 0 aliphatic heterocycles. The number of hydrogen-bond donors (Lipinski definition) is 1. The van der Waals surface area contributed by atoms with Crippen LogP contribution < -0.4 is 5.32 Å². The summed E-state index contributed by atoms with van der Waals surface area (Å²) in [4.78, 5) is 13.4. The second-order valence-electron chi connectivity index (χ2n) is 4.97. The highest BCUT2D eigenvalue weighted by Gasteiger charge is 2.16. The smallest absolute Gasteiger partial charge is 0.145 e. The first kappa shape index (κ1) is 14.7. The molecule has 0 radical (unpaired) electrons. The fourth-order valence-corrected chi connectivity index (χ4v) is 2.24. The standard InChI is InChI=1S/C15H23N5/c1-4-7-20-8-6-17-14(20)9-13(16-5-2)15-18-10-12(3)11-19-15/h6,8,10-11,13,16H,4-5,7,9H2,1-3H3. The zero-order valence-corrected chi connectivity index (χ0v) is 12.5. The van der Waals surface area contributed by atoms with Crippen molar-refractivity contribution in [1.29, 1.82) is 0 Å². The Kier molecular flexibility index (Phi) is 5.24. The molecule has 1 atom stereocenters. The highest BCUT2D eigenvalue weighted by atomic mass is 15.1. The summed E-state index contributed by atoms with van der Waals surface area (Å²) in [5.74, 6) is 1.92. The molecule has 2 aromatic rings. The van der Waals surface area contributed by atoms with Crippen molar-refractivity contribution in [3.05, 3.63) is 42.0 Å². The van der Waals surface area contributed by atoms with E-state index in [2.05, 4.69) is 38.7 Å². The van der Waals surface area contributed by atoms with Crippen molar-refractivity contribution in [2.75, 3.05) is 6.54 Å². The maximum Gasteiger partial charge on any atom is 0.145 e. The largest absolute Gasteiger partial charge is 0.335 e. The Labute approximate surface area is 120 Å². The third-order valence-corrected chi connectivity index (χ3v) is 3.22. The van der Waals surface area contributed by atoms with Crippen molar-refractivity contribution in [3.8, 4) is 0 Å². The van der Waals surface area contributed by atoms with E-state index in [4.69, 9.17) is 0 Å². The topological polar surface area (TPSA) is 55.6 Å². The van der Waals surface area contributed by atoms with Crippen LogP contribution in [0.2, 0.25) is 0 Å². The Balaban J connectivity index is 2.16. The number of aryl methyl sites for hydroxylation is 2. The molecule has 1 N–H and O–H groups in total. The van der Waals surface area contributed by atoms with Crippen LogP contribution >= 0.6 is 0 Å². The summed E-state index contributed by atoms with van der Waals surface area (Å²) in [6, 6.07) is 0.110. The molecule has 0 aliphatic rings. The lowest BCUT2D eigenvalue weighted by molar-refractivity contribution is 0.494. The van der Waals surface area contributed by atoms with E-state index in [9.17, 15) is 0 Å². The number of nitrogens with zero attached hydrogens (tertiary/aromatic N) is 4. The Bertz CT molecular complexity index is 517. The second-order valence-corrected chi connectivity index (χ2v) is 4.97. The van der Waals surface area contributed by atoms with Gasteiger partial charge in [-0.05, 0) is 25.5 Å². The van der Waals surface area contributed by atoms with Gasteiger partial charge in [-0.1, -0.05) is 13.8 Å². The van der Waals surface area contributed by atoms with Crippen LogP contribution in [0.3, 0.4) is 0 Å². The minimum atomic E-state index is 0.110. The van der Waals surface area contributed by atoms with Gasteiger partial charge in [0.15, 0.2) is 0 Å². The lowest BCUT2D eigenvalue weighted by Gasteiger charge is -2.17. The van der Waals surface area contributed by atoms with Crippen LogP contribution in [0.1, 0.15) is 43.5 Å². The molecule has 0 saturated carbocycles. The third kappa shape index (κ3) is 3.63. The summed E-state index contributed by atoms with van der Waals surface area (Å²) in [5.41, 5.74) is 1.08. The Morgan fingerprint density at radius 3 is 2.60 bits per heavy atom. The van der Waals surface area contributed by atoms with E-state index in [1.807, 2.05) is 31.7 Å². The SMILES string of the molecule is CCCn1ccnc1CC(NCC)c1ncc(C)cn1. The molecule has 2 heterocycles. The van der Waals surface area contributed by atoms with Crippen molar-refractivity contribution in [3.63, 3.8) is 0 Å². The Morgan fingerprint density at radius 1 is 1.20 bits per heavy atom. The summed E-state index contributed by atoms with van der Waals surface area (Å²) in [5, 5.41) is 3.45. The molecule has 0 bridgehead atoms. The molecule has 0 aromatic carbocycles. The van der Waals surface area contributed by atoms with E-state index in [1.54, 1.807) is 0 Å². The minimum absolute atomic E-state index is 0.110. The molecule has 108 valence electrons. The maximum absolute atomic E-state index is 4.47. The molecule has 5 nitrogen and oxygen atoms in total. The van der Waals surface area contributed by atoms with Crippen LogP contribution in [0.15, 0.2) is 24.8 Å². The van der Waals surface area contributed by atoms with E-state index in [0.717, 1.165) is 43.1 Å². The number of hydrogen-bond acceptors (Lipinski definition) is 4. The van der Waals surface area contributed by atoms with E-state index in [1.165, 1.54) is 0 Å². The number of rotatable bonds is 7. The van der Waals surface area contributed by atoms with Crippen LogP contribution in [0.25, 0.3) is 0 Å². The molecule has 2 rings (SSSR count). The fraction of sp³-hybridized carbons (Fsp3) is 0.533. The summed E-state index contributed by atoms with van der Waals surface area (Å²) in [7, 11) is 0. The number of nitrogens with one attached hydrogen (secondary N) is 1. The van der Waals surface area contributed by atoms with Gasteiger partial charge in [0.1, 0.15) is 11.6 Å². The van der Waals surface area contributed by atoms with Gasteiger partial charge in [0, 0.05) is 37.8 Å². The van der Waals surface area contributed by atoms with E-state index < -0.39 is 0 Å². The molecular weight excluding hydrogens is 250 g/mol. The van der Waals surface area contributed by atoms with Crippen molar-refractivity contribution < 1.29 is 0 Å². The Hall–Kier alpha value is -1.75. The van der Waals surface area contributed by atoms with Gasteiger partial charge in [0.2, 0.25) is 0 Å². The van der Waals surface area contributed by atoms with Crippen LogP contribution in [-0.4, -0.2) is 26.1 Å². The van der Waals surface area contributed by atoms with Crippen LogP contribution in [0.4, 0.5) is 0 Å². The summed E-state index contributed by atoms with van der Waals surface area (Å²) in [6.07, 6.45) is 9.55. The average molecular weight is 273 g/mol. The quantitative estimate of drug-likeness (QED) is 0.841. The van der Waals surface area contributed by atoms with Crippen molar-refractivity contribution in [2.24, 2.45) is 0 Å². The Morgan fingerprint density at radius 2 is 1.95 bits per heavy atom. The molecule has 20 heavy (non-hydrogen) atoms. The monoisotopic (exact) mass is 273 g/mol. The highest BCUT2D eigenvalue weighted by Crippen LogP contribution is 2.14. The van der Waals surface area contributed by atoms with Crippen molar-refractivity contribution in [2.45, 2.75) is 46.2 Å². The van der Waals surface area contributed by atoms with Gasteiger partial charge in [-0.25, -0.2) is 15.0 Å². The predicted octanol–water partition coefficient (Wildman–Crippen LogP) is 2.28. The summed E-state index contributed by atoms with van der Waals surface area (Å²) in [6.45, 7) is 8.16. The minimum Gasteiger partial charge on any atom is -0.335 e. The zero-order valence-electron chi connectivity index (χ0n) is 12.5. The molecule has 1 unspecified atom stereocenters. The summed E-state index contributed by atoms with van der Waals surface area (Å²) >= 11 is 0. The van der Waals surface area contributed by atoms with Gasteiger partial charge in [0.05, 0.1) is 6.04 Å². The molecular formula is C15H23N5. The number of imidazole rings is 1. The third-order valence-electron chi connectivity index (χ3n) is 3.22. The average Bonchev–Trinajstić information content (AvgIpc) is 2.87. The molecule has 0 fully saturated rings. The first-order valence-electron chi connectivity index (χ1n) is 7.26. The van der Waals surface area contributed by atoms with Gasteiger partial charge in [0.25, 0.3) is 0 Å². The second kappa shape index (κ2) is 7.14. The van der Waals surface area contributed by atoms with Gasteiger partial charge in [-0.3, -0.25) is 0 Å². The van der Waals surface area contributed by atoms with Crippen molar-refractivity contribution in [1.82, 2.24) is 24.8 Å². The molecule has 2 aromatic heterocycles. The van der Waals surface area contributed by atoms with Gasteiger partial charge in [-0.15, -0.1) is 0 Å². The molecule has 0 aliphatic carbocycles. The lowest BCUT2D eigenvalue weighted by Crippen LogP contribution is -2.26. The number of likely N-dealkylation sites (N-methyl/N-ethyl adjacent to an activating group) is 1. The zero-order chi connectivity index (χ0) is 14.4. The van der Waals surface area contributed by atoms with E-state index >= 15 is 0 Å². The van der Waals surface area contributed by atoms with Gasteiger partial charge < -0.3 is 9.88 Å². The van der Waals surface area contributed by atoms with Gasteiger partial charge >= 0.3 is 0 Å². The highest BCUT2D eigenvalue weighted by molar-refractivity contribution is 5.07. The first-order valence-corrected chi connectivity index (χ1v) is 7.26. The van der Waals surface area contributed by atoms with E-state index in [0.29, 0.717) is 0 Å². The molecule has 0 amide bonds. The molecule has 0 spiro atoms. The molecule has 0 saturated heterocycles. The van der Waals surface area contributed by atoms with Crippen LogP contribution in [0, 0.1) is 6.92 Å². The summed E-state index contributed by atoms with van der Waals surface area (Å²) < 4.78 is 2.21. The van der Waals surface area contributed by atoms with Crippen LogP contribution in [0.5, 0.6) is 0 Å². The number of aromatic nitrogens is 4. The maximum atomic E-state index is 4.47. The molecule has 5 heteroatoms. The first-order chi connectivity index (χ1) is 9.74. The van der Waals surface area contributed by atoms with Crippen molar-refractivity contribution >= 4 is 0 Å².